The van der Waals surface area contributed by atoms with Gasteiger partial charge in [0, 0.05) is 24.9 Å². The standard InChI is InChI=1S/C11H18ClNO/c12-7-9-5-6-13(8-9)11(14)10-3-1-2-4-10/h9-10H,1-8H2. The van der Waals surface area contributed by atoms with E-state index < -0.39 is 0 Å². The lowest BCUT2D eigenvalue weighted by Gasteiger charge is -2.20. The smallest absolute Gasteiger partial charge is 0.225 e. The van der Waals surface area contributed by atoms with Crippen LogP contribution in [0.25, 0.3) is 0 Å². The van der Waals surface area contributed by atoms with Gasteiger partial charge in [0.25, 0.3) is 0 Å². The molecule has 0 bridgehead atoms. The van der Waals surface area contributed by atoms with Gasteiger partial charge in [0.2, 0.25) is 5.91 Å². The zero-order valence-corrected chi connectivity index (χ0v) is 9.30. The number of carbonyl (C=O) groups is 1. The number of rotatable bonds is 2. The zero-order valence-electron chi connectivity index (χ0n) is 8.54. The Hall–Kier alpha value is -0.240. The number of likely N-dealkylation sites (tertiary alicyclic amines) is 1. The SMILES string of the molecule is O=C(C1CCCC1)N1CCC(CCl)C1. The van der Waals surface area contributed by atoms with Gasteiger partial charge >= 0.3 is 0 Å². The second-order valence-electron chi connectivity index (χ2n) is 4.57. The van der Waals surface area contributed by atoms with E-state index in [-0.39, 0.29) is 0 Å². The summed E-state index contributed by atoms with van der Waals surface area (Å²) in [6, 6.07) is 0. The minimum atomic E-state index is 0.337. The Labute approximate surface area is 90.6 Å². The van der Waals surface area contributed by atoms with Crippen LogP contribution in [0.1, 0.15) is 32.1 Å². The van der Waals surface area contributed by atoms with Crippen molar-refractivity contribution in [2.45, 2.75) is 32.1 Å². The molecule has 2 fully saturated rings. The Morgan fingerprint density at radius 2 is 2.00 bits per heavy atom. The van der Waals surface area contributed by atoms with E-state index in [0.717, 1.165) is 32.4 Å². The van der Waals surface area contributed by atoms with Crippen LogP contribution in [0.15, 0.2) is 0 Å². The second-order valence-corrected chi connectivity index (χ2v) is 4.88. The first kappa shape index (κ1) is 10.3. The molecule has 3 heteroatoms. The van der Waals surface area contributed by atoms with E-state index in [2.05, 4.69) is 0 Å². The average Bonchev–Trinajstić information content (AvgIpc) is 2.88. The first-order valence-electron chi connectivity index (χ1n) is 5.66. The van der Waals surface area contributed by atoms with E-state index in [1.54, 1.807) is 0 Å². The Morgan fingerprint density at radius 3 is 2.57 bits per heavy atom. The molecule has 2 aliphatic rings. The van der Waals surface area contributed by atoms with Crippen molar-refractivity contribution in [2.75, 3.05) is 19.0 Å². The van der Waals surface area contributed by atoms with Gasteiger partial charge in [-0.15, -0.1) is 11.6 Å². The largest absolute Gasteiger partial charge is 0.342 e. The van der Waals surface area contributed by atoms with Crippen LogP contribution in [0.3, 0.4) is 0 Å². The summed E-state index contributed by atoms with van der Waals surface area (Å²) in [5, 5.41) is 0. The summed E-state index contributed by atoms with van der Waals surface area (Å²) in [6.45, 7) is 1.84. The van der Waals surface area contributed by atoms with Crippen LogP contribution in [0.2, 0.25) is 0 Å². The summed E-state index contributed by atoms with van der Waals surface area (Å²) in [5.74, 6) is 1.98. The van der Waals surface area contributed by atoms with Crippen molar-refractivity contribution >= 4 is 17.5 Å². The maximum absolute atomic E-state index is 12.0. The third-order valence-corrected chi connectivity index (χ3v) is 3.96. The van der Waals surface area contributed by atoms with E-state index >= 15 is 0 Å². The first-order chi connectivity index (χ1) is 6.81. The van der Waals surface area contributed by atoms with E-state index in [1.165, 1.54) is 12.8 Å². The highest BCUT2D eigenvalue weighted by atomic mass is 35.5. The molecule has 2 nitrogen and oxygen atoms in total. The maximum Gasteiger partial charge on any atom is 0.225 e. The number of amides is 1. The number of hydrogen-bond donors (Lipinski definition) is 0. The molecule has 1 atom stereocenters. The molecule has 1 heterocycles. The monoisotopic (exact) mass is 215 g/mol. The summed E-state index contributed by atoms with van der Waals surface area (Å²) in [4.78, 5) is 14.0. The molecule has 2 rings (SSSR count). The number of carbonyl (C=O) groups excluding carboxylic acids is 1. The molecule has 0 aromatic rings. The Bertz CT molecular complexity index is 213. The van der Waals surface area contributed by atoms with E-state index in [9.17, 15) is 4.79 Å². The Morgan fingerprint density at radius 1 is 1.29 bits per heavy atom. The van der Waals surface area contributed by atoms with Crippen LogP contribution >= 0.6 is 11.6 Å². The molecule has 0 aromatic carbocycles. The van der Waals surface area contributed by atoms with Gasteiger partial charge in [-0.05, 0) is 25.2 Å². The van der Waals surface area contributed by atoms with Crippen molar-refractivity contribution in [3.05, 3.63) is 0 Å². The van der Waals surface area contributed by atoms with Crippen LogP contribution in [0.5, 0.6) is 0 Å². The van der Waals surface area contributed by atoms with E-state index in [0.29, 0.717) is 23.6 Å². The van der Waals surface area contributed by atoms with E-state index in [1.807, 2.05) is 4.90 Å². The molecule has 14 heavy (non-hydrogen) atoms. The molecule has 1 amide bonds. The number of halogens is 1. The van der Waals surface area contributed by atoms with Crippen molar-refractivity contribution < 1.29 is 4.79 Å². The summed E-state index contributed by atoms with van der Waals surface area (Å²) in [6.07, 6.45) is 5.80. The van der Waals surface area contributed by atoms with Crippen molar-refractivity contribution in [1.82, 2.24) is 4.90 Å². The van der Waals surface area contributed by atoms with Gasteiger partial charge in [-0.1, -0.05) is 12.8 Å². The maximum atomic E-state index is 12.0. The molecule has 1 unspecified atom stereocenters. The summed E-state index contributed by atoms with van der Waals surface area (Å²) >= 11 is 5.80. The van der Waals surface area contributed by atoms with Crippen molar-refractivity contribution in [2.24, 2.45) is 11.8 Å². The first-order valence-corrected chi connectivity index (χ1v) is 6.19. The molecular formula is C11H18ClNO. The third kappa shape index (κ3) is 2.05. The fraction of sp³-hybridized carbons (Fsp3) is 0.909. The van der Waals surface area contributed by atoms with Gasteiger partial charge in [0.1, 0.15) is 0 Å². The zero-order chi connectivity index (χ0) is 9.97. The third-order valence-electron chi connectivity index (χ3n) is 3.52. The normalized spacial score (nSPS) is 28.6. The lowest BCUT2D eigenvalue weighted by molar-refractivity contribution is -0.134. The molecule has 0 N–H and O–H groups in total. The molecule has 0 spiro atoms. The van der Waals surface area contributed by atoms with Crippen molar-refractivity contribution in [1.29, 1.82) is 0 Å². The number of nitrogens with zero attached hydrogens (tertiary/aromatic N) is 1. The molecule has 0 aromatic heterocycles. The quantitative estimate of drug-likeness (QED) is 0.648. The summed E-state index contributed by atoms with van der Waals surface area (Å²) in [7, 11) is 0. The summed E-state index contributed by atoms with van der Waals surface area (Å²) < 4.78 is 0. The highest BCUT2D eigenvalue weighted by molar-refractivity contribution is 6.18. The van der Waals surface area contributed by atoms with Gasteiger partial charge in [-0.25, -0.2) is 0 Å². The molecule has 1 aliphatic carbocycles. The number of hydrogen-bond acceptors (Lipinski definition) is 1. The summed E-state index contributed by atoms with van der Waals surface area (Å²) in [5.41, 5.74) is 0. The van der Waals surface area contributed by atoms with Gasteiger partial charge < -0.3 is 4.90 Å². The molecule has 0 radical (unpaired) electrons. The van der Waals surface area contributed by atoms with Crippen LogP contribution in [-0.2, 0) is 4.79 Å². The minimum absolute atomic E-state index is 0.337. The molecule has 1 aliphatic heterocycles. The molecule has 1 saturated heterocycles. The van der Waals surface area contributed by atoms with Gasteiger partial charge in [0.15, 0.2) is 0 Å². The second kappa shape index (κ2) is 4.52. The lowest BCUT2D eigenvalue weighted by Crippen LogP contribution is -2.33. The highest BCUT2D eigenvalue weighted by Crippen LogP contribution is 2.28. The van der Waals surface area contributed by atoms with Crippen LogP contribution in [-0.4, -0.2) is 29.8 Å². The Balaban J connectivity index is 1.86. The van der Waals surface area contributed by atoms with Crippen LogP contribution in [0.4, 0.5) is 0 Å². The minimum Gasteiger partial charge on any atom is -0.342 e. The van der Waals surface area contributed by atoms with Crippen molar-refractivity contribution in [3.63, 3.8) is 0 Å². The lowest BCUT2D eigenvalue weighted by atomic mass is 10.1. The van der Waals surface area contributed by atoms with Crippen molar-refractivity contribution in [3.8, 4) is 0 Å². The topological polar surface area (TPSA) is 20.3 Å². The predicted molar refractivity (Wildman–Crippen MR) is 57.4 cm³/mol. The van der Waals surface area contributed by atoms with Crippen LogP contribution in [0, 0.1) is 11.8 Å². The number of alkyl halides is 1. The Kier molecular flexibility index (Phi) is 3.32. The molecular weight excluding hydrogens is 198 g/mol. The molecule has 1 saturated carbocycles. The average molecular weight is 216 g/mol. The van der Waals surface area contributed by atoms with E-state index in [4.69, 9.17) is 11.6 Å². The fourth-order valence-electron chi connectivity index (χ4n) is 2.59. The molecule has 80 valence electrons. The van der Waals surface area contributed by atoms with Gasteiger partial charge in [-0.3, -0.25) is 4.79 Å². The van der Waals surface area contributed by atoms with Crippen LogP contribution < -0.4 is 0 Å². The highest BCUT2D eigenvalue weighted by Gasteiger charge is 2.31. The van der Waals surface area contributed by atoms with Gasteiger partial charge in [0.05, 0.1) is 0 Å². The predicted octanol–water partition coefficient (Wildman–Crippen LogP) is 2.26. The fourth-order valence-corrected chi connectivity index (χ4v) is 2.84. The van der Waals surface area contributed by atoms with Gasteiger partial charge in [-0.2, -0.15) is 0 Å².